The Morgan fingerprint density at radius 1 is 1.14 bits per heavy atom. The van der Waals surface area contributed by atoms with E-state index in [0.717, 1.165) is 54.6 Å². The highest BCUT2D eigenvalue weighted by Crippen LogP contribution is 2.30. The maximum absolute atomic E-state index is 13.1. The van der Waals surface area contributed by atoms with E-state index in [0.29, 0.717) is 28.1 Å². The minimum atomic E-state index is -0.286. The lowest BCUT2D eigenvalue weighted by molar-refractivity contribution is -0.125. The van der Waals surface area contributed by atoms with Gasteiger partial charge in [0, 0.05) is 24.8 Å². The maximum Gasteiger partial charge on any atom is 0.273 e. The van der Waals surface area contributed by atoms with Crippen molar-refractivity contribution < 1.29 is 9.59 Å². The summed E-state index contributed by atoms with van der Waals surface area (Å²) in [5.41, 5.74) is 3.96. The summed E-state index contributed by atoms with van der Waals surface area (Å²) in [5, 5.41) is 6.73. The molecule has 1 aromatic carbocycles. The Labute approximate surface area is 207 Å². The Kier molecular flexibility index (Phi) is 6.31. The molecule has 2 N–H and O–H groups in total. The Hall–Kier alpha value is -3.27. The van der Waals surface area contributed by atoms with Crippen molar-refractivity contribution in [3.8, 4) is 0 Å². The Morgan fingerprint density at radius 3 is 2.60 bits per heavy atom. The van der Waals surface area contributed by atoms with Crippen LogP contribution in [0.15, 0.2) is 23.3 Å². The zero-order valence-corrected chi connectivity index (χ0v) is 21.1. The van der Waals surface area contributed by atoms with Gasteiger partial charge in [0.2, 0.25) is 11.8 Å². The molecule has 0 spiro atoms. The van der Waals surface area contributed by atoms with Gasteiger partial charge in [0.25, 0.3) is 5.56 Å². The molecule has 3 aromatic rings. The molecule has 184 valence electrons. The highest BCUT2D eigenvalue weighted by molar-refractivity contribution is 7.22. The zero-order chi connectivity index (χ0) is 24.7. The number of amides is 2. The zero-order valence-electron chi connectivity index (χ0n) is 20.3. The van der Waals surface area contributed by atoms with Crippen LogP contribution in [0.2, 0.25) is 0 Å². The summed E-state index contributed by atoms with van der Waals surface area (Å²) in [7, 11) is 0. The number of carbonyl (C=O) groups is 2. The van der Waals surface area contributed by atoms with E-state index in [4.69, 9.17) is 0 Å². The molecule has 1 atom stereocenters. The van der Waals surface area contributed by atoms with Gasteiger partial charge in [-0.25, -0.2) is 4.98 Å². The number of aryl methyl sites for hydroxylation is 3. The van der Waals surface area contributed by atoms with Gasteiger partial charge in [0.15, 0.2) is 10.8 Å². The van der Waals surface area contributed by atoms with Crippen LogP contribution in [0.1, 0.15) is 42.4 Å². The minimum Gasteiger partial charge on any atom is -0.353 e. The monoisotopic (exact) mass is 494 g/mol. The van der Waals surface area contributed by atoms with E-state index in [9.17, 15) is 14.4 Å². The Morgan fingerprint density at radius 2 is 1.89 bits per heavy atom. The van der Waals surface area contributed by atoms with Crippen LogP contribution in [0.25, 0.3) is 10.3 Å². The number of nitrogens with zero attached hydrogens (tertiary/aromatic N) is 4. The number of fused-ring (bicyclic) bond motifs is 1. The predicted octanol–water partition coefficient (Wildman–Crippen LogP) is 2.91. The summed E-state index contributed by atoms with van der Waals surface area (Å²) in [4.78, 5) is 49.4. The summed E-state index contributed by atoms with van der Waals surface area (Å²) in [6.07, 6.45) is 5.28. The van der Waals surface area contributed by atoms with Gasteiger partial charge in [-0.1, -0.05) is 29.0 Å². The second-order valence-corrected chi connectivity index (χ2v) is 10.7. The highest BCUT2D eigenvalue weighted by Gasteiger charge is 2.31. The van der Waals surface area contributed by atoms with E-state index in [1.54, 1.807) is 0 Å². The lowest BCUT2D eigenvalue weighted by atomic mass is 9.97. The van der Waals surface area contributed by atoms with E-state index < -0.39 is 0 Å². The van der Waals surface area contributed by atoms with Gasteiger partial charge in [-0.2, -0.15) is 4.98 Å². The fourth-order valence-electron chi connectivity index (χ4n) is 4.71. The first-order valence-electron chi connectivity index (χ1n) is 12.1. The van der Waals surface area contributed by atoms with Gasteiger partial charge in [-0.05, 0) is 57.6 Å². The van der Waals surface area contributed by atoms with Crippen molar-refractivity contribution in [1.29, 1.82) is 0 Å². The van der Waals surface area contributed by atoms with Gasteiger partial charge in [-0.15, -0.1) is 0 Å². The molecule has 2 amide bonds. The van der Waals surface area contributed by atoms with Crippen LogP contribution < -0.4 is 21.1 Å². The van der Waals surface area contributed by atoms with E-state index in [1.165, 1.54) is 22.2 Å². The number of piperidine rings is 1. The molecule has 5 rings (SSSR count). The number of hydrogen-bond donors (Lipinski definition) is 2. The first-order valence-corrected chi connectivity index (χ1v) is 12.9. The average Bonchev–Trinajstić information content (AvgIpc) is 3.52. The SMILES string of the molecule is Cc1cc(C)c(NC(=O)Cn2cnc3nc(N4CCCC(C(=O)NC5CC5)C4)sc3c2=O)c(C)c1. The average molecular weight is 495 g/mol. The third-order valence-electron chi connectivity index (χ3n) is 6.61. The van der Waals surface area contributed by atoms with Gasteiger partial charge in [0.05, 0.1) is 5.92 Å². The molecule has 1 saturated carbocycles. The quantitative estimate of drug-likeness (QED) is 0.545. The van der Waals surface area contributed by atoms with Crippen LogP contribution in [0, 0.1) is 26.7 Å². The molecule has 2 aliphatic rings. The molecule has 0 radical (unpaired) electrons. The van der Waals surface area contributed by atoms with Gasteiger partial charge < -0.3 is 15.5 Å². The first kappa shape index (κ1) is 23.5. The van der Waals surface area contributed by atoms with Gasteiger partial charge >= 0.3 is 0 Å². The maximum atomic E-state index is 13.1. The lowest BCUT2D eigenvalue weighted by Gasteiger charge is -2.31. The second kappa shape index (κ2) is 9.41. The van der Waals surface area contributed by atoms with Crippen molar-refractivity contribution in [1.82, 2.24) is 19.9 Å². The number of rotatable bonds is 6. The standard InChI is InChI=1S/C25H30N6O3S/c1-14-9-15(2)20(16(3)10-14)28-19(32)12-31-13-26-22-21(24(31)34)35-25(29-22)30-8-4-5-17(11-30)23(33)27-18-6-7-18/h9-10,13,17-18H,4-8,11-12H2,1-3H3,(H,27,33)(H,28,32). The number of hydrogen-bond acceptors (Lipinski definition) is 7. The molecule has 35 heavy (non-hydrogen) atoms. The molecule has 2 aromatic heterocycles. The van der Waals surface area contributed by atoms with Crippen molar-refractivity contribution in [3.63, 3.8) is 0 Å². The smallest absolute Gasteiger partial charge is 0.273 e. The van der Waals surface area contributed by atoms with Crippen LogP contribution in [0.4, 0.5) is 10.8 Å². The molecular weight excluding hydrogens is 464 g/mol. The van der Waals surface area contributed by atoms with Crippen LogP contribution in [0.3, 0.4) is 0 Å². The van der Waals surface area contributed by atoms with Crippen molar-refractivity contribution in [2.45, 2.75) is 59.0 Å². The molecule has 0 bridgehead atoms. The topological polar surface area (TPSA) is 109 Å². The predicted molar refractivity (Wildman–Crippen MR) is 137 cm³/mol. The summed E-state index contributed by atoms with van der Waals surface area (Å²) in [6.45, 7) is 7.17. The van der Waals surface area contributed by atoms with Crippen LogP contribution >= 0.6 is 11.3 Å². The lowest BCUT2D eigenvalue weighted by Crippen LogP contribution is -2.43. The summed E-state index contributed by atoms with van der Waals surface area (Å²) in [6, 6.07) is 4.38. The molecule has 10 heteroatoms. The molecule has 3 heterocycles. The molecule has 1 aliphatic heterocycles. The number of carbonyl (C=O) groups excluding carboxylic acids is 2. The minimum absolute atomic E-state index is 0.0710. The summed E-state index contributed by atoms with van der Waals surface area (Å²) >= 11 is 1.28. The summed E-state index contributed by atoms with van der Waals surface area (Å²) < 4.78 is 1.74. The van der Waals surface area contributed by atoms with Crippen LogP contribution in [-0.4, -0.2) is 45.5 Å². The number of nitrogens with one attached hydrogen (secondary N) is 2. The molecule has 2 fully saturated rings. The second-order valence-electron chi connectivity index (χ2n) is 9.72. The normalized spacial score (nSPS) is 18.0. The fraction of sp³-hybridized carbons (Fsp3) is 0.480. The molecule has 1 saturated heterocycles. The molecular formula is C25H30N6O3S. The van der Waals surface area contributed by atoms with E-state index in [1.807, 2.05) is 32.9 Å². The number of anilines is 2. The number of aromatic nitrogens is 3. The summed E-state index contributed by atoms with van der Waals surface area (Å²) in [5.74, 6) is -0.240. The number of thiazole rings is 1. The third-order valence-corrected chi connectivity index (χ3v) is 7.71. The van der Waals surface area contributed by atoms with Crippen LogP contribution in [0.5, 0.6) is 0 Å². The van der Waals surface area contributed by atoms with Crippen molar-refractivity contribution in [3.05, 3.63) is 45.5 Å². The highest BCUT2D eigenvalue weighted by atomic mass is 32.1. The molecule has 1 aliphatic carbocycles. The Balaban J connectivity index is 1.31. The van der Waals surface area contributed by atoms with Crippen molar-refractivity contribution in [2.75, 3.05) is 23.3 Å². The Bertz CT molecular complexity index is 1340. The van der Waals surface area contributed by atoms with Gasteiger partial charge in [-0.3, -0.25) is 19.0 Å². The third kappa shape index (κ3) is 5.07. The van der Waals surface area contributed by atoms with Crippen molar-refractivity contribution >= 4 is 44.3 Å². The van der Waals surface area contributed by atoms with E-state index >= 15 is 0 Å². The molecule has 9 nitrogen and oxygen atoms in total. The largest absolute Gasteiger partial charge is 0.353 e. The van der Waals surface area contributed by atoms with Crippen LogP contribution in [-0.2, 0) is 16.1 Å². The fourth-order valence-corrected chi connectivity index (χ4v) is 5.71. The van der Waals surface area contributed by atoms with Crippen molar-refractivity contribution in [2.24, 2.45) is 5.92 Å². The molecule has 1 unspecified atom stereocenters. The van der Waals surface area contributed by atoms with E-state index in [-0.39, 0.29) is 29.8 Å². The number of benzene rings is 1. The van der Waals surface area contributed by atoms with E-state index in [2.05, 4.69) is 25.5 Å². The first-order chi connectivity index (χ1) is 16.8. The van der Waals surface area contributed by atoms with Gasteiger partial charge in [0.1, 0.15) is 17.6 Å².